The van der Waals surface area contributed by atoms with Gasteiger partial charge in [-0.25, -0.2) is 0 Å². The van der Waals surface area contributed by atoms with Crippen LogP contribution in [0.1, 0.15) is 114 Å². The average molecular weight is 604 g/mol. The van der Waals surface area contributed by atoms with Crippen molar-refractivity contribution in [3.8, 4) is 0 Å². The van der Waals surface area contributed by atoms with Crippen molar-refractivity contribution >= 4 is 23.6 Å². The predicted molar refractivity (Wildman–Crippen MR) is 173 cm³/mol. The number of nitrogens with one attached hydrogen (secondary N) is 2. The minimum atomic E-state index is -0.719. The molecule has 2 fully saturated rings. The molecule has 2 aliphatic heterocycles. The molecule has 2 unspecified atom stereocenters. The lowest BCUT2D eigenvalue weighted by Gasteiger charge is -2.41. The van der Waals surface area contributed by atoms with Crippen LogP contribution in [0.3, 0.4) is 0 Å². The Morgan fingerprint density at radius 1 is 0.884 bits per heavy atom. The topological polar surface area (TPSA) is 102 Å². The third-order valence-electron chi connectivity index (χ3n) is 9.29. The average Bonchev–Trinajstić information content (AvgIpc) is 3.45. The molecule has 0 bridgehead atoms. The molecule has 2 N–H and O–H groups in total. The second-order valence-electron chi connectivity index (χ2n) is 14.4. The second-order valence-corrected chi connectivity index (χ2v) is 14.4. The summed E-state index contributed by atoms with van der Waals surface area (Å²) in [5.74, 6) is -0.495. The summed E-state index contributed by atoms with van der Waals surface area (Å²) < 4.78 is 0. The van der Waals surface area contributed by atoms with Gasteiger partial charge in [0.2, 0.25) is 23.6 Å². The Balaban J connectivity index is 2.26. The summed E-state index contributed by atoms with van der Waals surface area (Å²) in [6.45, 7) is 21.5. The highest BCUT2D eigenvalue weighted by Gasteiger charge is 2.40. The number of carbonyl (C=O) groups is 4. The highest BCUT2D eigenvalue weighted by atomic mass is 16.2. The number of piperidine rings is 1. The molecule has 0 aromatic carbocycles. The maximum absolute atomic E-state index is 14.1. The van der Waals surface area contributed by atoms with Crippen molar-refractivity contribution in [2.45, 2.75) is 150 Å². The lowest BCUT2D eigenvalue weighted by molar-refractivity contribution is -0.142. The third-order valence-corrected chi connectivity index (χ3v) is 9.29. The number of likely N-dealkylation sites (tertiary alicyclic amines) is 2. The minimum Gasteiger partial charge on any atom is -0.352 e. The van der Waals surface area contributed by atoms with Crippen LogP contribution in [0, 0.1) is 11.3 Å². The Morgan fingerprint density at radius 3 is 2.00 bits per heavy atom. The summed E-state index contributed by atoms with van der Waals surface area (Å²) in [6.07, 6.45) is 7.87. The van der Waals surface area contributed by atoms with Gasteiger partial charge in [-0.2, -0.15) is 0 Å². The Labute approximate surface area is 261 Å². The Morgan fingerprint density at radius 2 is 1.47 bits per heavy atom. The van der Waals surface area contributed by atoms with Crippen molar-refractivity contribution in [1.82, 2.24) is 25.3 Å². The fourth-order valence-electron chi connectivity index (χ4n) is 6.47. The molecular weight excluding hydrogens is 542 g/mol. The summed E-state index contributed by atoms with van der Waals surface area (Å²) in [5.41, 5.74) is 0.00563. The molecule has 0 radical (unpaired) electrons. The number of hydrogen-bond donors (Lipinski definition) is 2. The lowest BCUT2D eigenvalue weighted by Crippen LogP contribution is -2.60. The molecule has 4 atom stereocenters. The molecule has 2 saturated heterocycles. The number of carbonyl (C=O) groups excluding carboxylic acids is 4. The van der Waals surface area contributed by atoms with Gasteiger partial charge in [0.25, 0.3) is 0 Å². The zero-order valence-corrected chi connectivity index (χ0v) is 29.0. The summed E-state index contributed by atoms with van der Waals surface area (Å²) in [6, 6.07) is -1.44. The van der Waals surface area contributed by atoms with E-state index in [2.05, 4.69) is 43.2 Å². The normalized spacial score (nSPS) is 21.7. The predicted octanol–water partition coefficient (Wildman–Crippen LogP) is 4.51. The van der Waals surface area contributed by atoms with E-state index in [1.165, 1.54) is 0 Å². The molecule has 0 aromatic rings. The molecule has 2 heterocycles. The standard InChI is InChI=1S/C34H61N5O4/c1-12-25(13-2)35-30(40)27-18-16-20-39(27)32(42)24(7)21-28(22(3)4)37(11)33(43)29(34(8,9)10)36-31(41)26-17-14-15-19-38(26)23(5)6/h21-23,25-29H,12-20H2,1-11H3,(H,35,40)(H,36,41)/b24-21+/t26?,27-,28+,29?/m0/s1. The Kier molecular flexibility index (Phi) is 13.7. The zero-order valence-electron chi connectivity index (χ0n) is 29.0. The third kappa shape index (κ3) is 9.53. The molecule has 0 aromatic heterocycles. The molecule has 246 valence electrons. The molecule has 2 rings (SSSR count). The van der Waals surface area contributed by atoms with Gasteiger partial charge in [0.05, 0.1) is 12.1 Å². The van der Waals surface area contributed by atoms with E-state index in [9.17, 15) is 19.2 Å². The van der Waals surface area contributed by atoms with Crippen molar-refractivity contribution < 1.29 is 19.2 Å². The van der Waals surface area contributed by atoms with Crippen LogP contribution in [0.2, 0.25) is 0 Å². The molecule has 2 aliphatic rings. The molecule has 9 heteroatoms. The van der Waals surface area contributed by atoms with E-state index in [0.29, 0.717) is 18.5 Å². The highest BCUT2D eigenvalue weighted by molar-refractivity contribution is 5.97. The van der Waals surface area contributed by atoms with Crippen LogP contribution in [0.4, 0.5) is 0 Å². The van der Waals surface area contributed by atoms with Crippen LogP contribution in [0.15, 0.2) is 11.6 Å². The Bertz CT molecular complexity index is 997. The molecule has 0 spiro atoms. The van der Waals surface area contributed by atoms with E-state index >= 15 is 0 Å². The quantitative estimate of drug-likeness (QED) is 0.320. The first-order valence-electron chi connectivity index (χ1n) is 16.7. The molecule has 0 saturated carbocycles. The first-order valence-corrected chi connectivity index (χ1v) is 16.7. The van der Waals surface area contributed by atoms with Gasteiger partial charge in [0, 0.05) is 31.2 Å². The van der Waals surface area contributed by atoms with Crippen LogP contribution >= 0.6 is 0 Å². The van der Waals surface area contributed by atoms with E-state index in [1.54, 1.807) is 23.8 Å². The molecule has 9 nitrogen and oxygen atoms in total. The largest absolute Gasteiger partial charge is 0.352 e. The Hall–Kier alpha value is -2.42. The summed E-state index contributed by atoms with van der Waals surface area (Å²) in [5, 5.41) is 6.24. The van der Waals surface area contributed by atoms with E-state index in [0.717, 1.165) is 45.1 Å². The maximum atomic E-state index is 14.1. The lowest BCUT2D eigenvalue weighted by atomic mass is 9.84. The highest BCUT2D eigenvalue weighted by Crippen LogP contribution is 2.27. The fraction of sp³-hybridized carbons (Fsp3) is 0.824. The van der Waals surface area contributed by atoms with Crippen molar-refractivity contribution in [3.05, 3.63) is 11.6 Å². The SMILES string of the molecule is CCC(CC)NC(=O)[C@@H]1CCCN1C(=O)/C(C)=C/[C@H](C(C)C)N(C)C(=O)C(NC(=O)C1CCCCN1C(C)C)C(C)(C)C. The first kappa shape index (κ1) is 36.8. The smallest absolute Gasteiger partial charge is 0.249 e. The summed E-state index contributed by atoms with van der Waals surface area (Å²) >= 11 is 0. The van der Waals surface area contributed by atoms with Gasteiger partial charge in [-0.3, -0.25) is 24.1 Å². The van der Waals surface area contributed by atoms with E-state index in [4.69, 9.17) is 0 Å². The van der Waals surface area contributed by atoms with Crippen molar-refractivity contribution in [1.29, 1.82) is 0 Å². The van der Waals surface area contributed by atoms with Crippen LogP contribution in [0.5, 0.6) is 0 Å². The zero-order chi connectivity index (χ0) is 32.6. The number of nitrogens with zero attached hydrogens (tertiary/aromatic N) is 3. The summed E-state index contributed by atoms with van der Waals surface area (Å²) in [4.78, 5) is 60.0. The van der Waals surface area contributed by atoms with Crippen LogP contribution in [-0.4, -0.2) is 94.7 Å². The number of amides is 4. The van der Waals surface area contributed by atoms with Crippen molar-refractivity contribution in [2.75, 3.05) is 20.1 Å². The van der Waals surface area contributed by atoms with Gasteiger partial charge in [-0.1, -0.05) is 61.0 Å². The van der Waals surface area contributed by atoms with Crippen molar-refractivity contribution in [3.63, 3.8) is 0 Å². The van der Waals surface area contributed by atoms with E-state index < -0.39 is 17.5 Å². The maximum Gasteiger partial charge on any atom is 0.249 e. The van der Waals surface area contributed by atoms with Gasteiger partial charge in [0.1, 0.15) is 12.1 Å². The molecule has 0 aliphatic carbocycles. The summed E-state index contributed by atoms with van der Waals surface area (Å²) in [7, 11) is 1.76. The van der Waals surface area contributed by atoms with Crippen molar-refractivity contribution in [2.24, 2.45) is 11.3 Å². The first-order chi connectivity index (χ1) is 20.0. The molecule has 4 amide bonds. The number of likely N-dealkylation sites (N-methyl/N-ethyl adjacent to an activating group) is 1. The van der Waals surface area contributed by atoms with Crippen LogP contribution in [-0.2, 0) is 19.2 Å². The van der Waals surface area contributed by atoms with Gasteiger partial charge in [-0.15, -0.1) is 0 Å². The van der Waals surface area contributed by atoms with E-state index in [1.807, 2.05) is 40.7 Å². The number of hydrogen-bond acceptors (Lipinski definition) is 5. The molecular formula is C34H61N5O4. The second kappa shape index (κ2) is 16.1. The fourth-order valence-corrected chi connectivity index (χ4v) is 6.47. The monoisotopic (exact) mass is 603 g/mol. The minimum absolute atomic E-state index is 0.0235. The van der Waals surface area contributed by atoms with Crippen LogP contribution < -0.4 is 10.6 Å². The number of rotatable bonds is 12. The molecule has 43 heavy (non-hydrogen) atoms. The van der Waals surface area contributed by atoms with Gasteiger partial charge < -0.3 is 20.4 Å². The van der Waals surface area contributed by atoms with Gasteiger partial charge in [-0.05, 0) is 77.2 Å². The van der Waals surface area contributed by atoms with Crippen LogP contribution in [0.25, 0.3) is 0 Å². The van der Waals surface area contributed by atoms with Gasteiger partial charge in [0.15, 0.2) is 0 Å². The van der Waals surface area contributed by atoms with Gasteiger partial charge >= 0.3 is 0 Å². The van der Waals surface area contributed by atoms with E-state index in [-0.39, 0.29) is 53.7 Å².